The van der Waals surface area contributed by atoms with Gasteiger partial charge in [0.05, 0.1) is 12.1 Å². The molecule has 0 unspecified atom stereocenters. The van der Waals surface area contributed by atoms with Crippen LogP contribution < -0.4 is 0 Å². The van der Waals surface area contributed by atoms with Crippen LogP contribution >= 0.6 is 23.3 Å². The molecular weight excluding hydrogens is 272 g/mol. The summed E-state index contributed by atoms with van der Waals surface area (Å²) in [5.74, 6) is 0.190. The molecule has 0 aliphatic rings. The summed E-state index contributed by atoms with van der Waals surface area (Å²) >= 11 is 2.74. The van der Waals surface area contributed by atoms with E-state index < -0.39 is 5.97 Å². The first-order valence-corrected chi connectivity index (χ1v) is 6.96. The monoisotopic (exact) mass is 284 g/mol. The number of aromatic nitrogens is 4. The van der Waals surface area contributed by atoms with E-state index in [1.165, 1.54) is 23.3 Å². The molecule has 18 heavy (non-hydrogen) atoms. The van der Waals surface area contributed by atoms with Crippen molar-refractivity contribution in [3.63, 3.8) is 0 Å². The van der Waals surface area contributed by atoms with E-state index in [2.05, 4.69) is 15.1 Å². The maximum absolute atomic E-state index is 10.5. The molecule has 1 N–H and O–H groups in total. The first-order valence-electron chi connectivity index (χ1n) is 5.30. The number of thiazole rings is 1. The van der Waals surface area contributed by atoms with Crippen LogP contribution in [0.25, 0.3) is 0 Å². The number of carbonyl (C=O) groups is 1. The Kier molecular flexibility index (Phi) is 3.97. The Morgan fingerprint density at radius 1 is 1.61 bits per heavy atom. The van der Waals surface area contributed by atoms with Gasteiger partial charge in [-0.05, 0) is 0 Å². The van der Waals surface area contributed by atoms with Gasteiger partial charge in [-0.25, -0.2) is 9.97 Å². The van der Waals surface area contributed by atoms with Gasteiger partial charge in [-0.3, -0.25) is 4.79 Å². The first-order chi connectivity index (χ1) is 8.54. The second-order valence-corrected chi connectivity index (χ2v) is 5.99. The average Bonchev–Trinajstić information content (AvgIpc) is 2.88. The van der Waals surface area contributed by atoms with Gasteiger partial charge in [0, 0.05) is 23.2 Å². The van der Waals surface area contributed by atoms with Gasteiger partial charge in [0.25, 0.3) is 0 Å². The molecule has 0 saturated heterocycles. The van der Waals surface area contributed by atoms with Crippen molar-refractivity contribution in [1.29, 1.82) is 0 Å². The fraction of sp³-hybridized carbons (Fsp3) is 0.400. The predicted molar refractivity (Wildman–Crippen MR) is 68.8 cm³/mol. The van der Waals surface area contributed by atoms with E-state index in [0.29, 0.717) is 5.69 Å². The lowest BCUT2D eigenvalue weighted by atomic mass is 10.2. The molecule has 8 heteroatoms. The lowest BCUT2D eigenvalue weighted by Gasteiger charge is -1.96. The molecule has 2 heterocycles. The third-order valence-electron chi connectivity index (χ3n) is 2.04. The number of nitrogens with zero attached hydrogens (tertiary/aromatic N) is 4. The molecule has 0 amide bonds. The zero-order valence-corrected chi connectivity index (χ0v) is 11.5. The molecule has 2 aromatic heterocycles. The molecule has 0 radical (unpaired) electrons. The van der Waals surface area contributed by atoms with Crippen molar-refractivity contribution < 1.29 is 9.90 Å². The van der Waals surface area contributed by atoms with Crippen molar-refractivity contribution in [1.82, 2.24) is 19.2 Å². The quantitative estimate of drug-likeness (QED) is 0.905. The van der Waals surface area contributed by atoms with Crippen molar-refractivity contribution >= 4 is 29.3 Å². The minimum Gasteiger partial charge on any atom is -0.481 e. The molecule has 2 aromatic rings. The normalized spacial score (nSPS) is 11.1. The Labute approximate surface area is 112 Å². The summed E-state index contributed by atoms with van der Waals surface area (Å²) in [5, 5.41) is 14.7. The number of rotatable bonds is 5. The molecule has 96 valence electrons. The maximum atomic E-state index is 10.5. The fourth-order valence-electron chi connectivity index (χ4n) is 1.22. The highest BCUT2D eigenvalue weighted by atomic mass is 32.2. The summed E-state index contributed by atoms with van der Waals surface area (Å²) in [5.41, 5.74) is 0.569. The van der Waals surface area contributed by atoms with E-state index in [1.807, 2.05) is 13.8 Å². The third kappa shape index (κ3) is 3.30. The summed E-state index contributed by atoms with van der Waals surface area (Å²) in [6.45, 7) is 4.05. The van der Waals surface area contributed by atoms with Crippen molar-refractivity contribution in [2.24, 2.45) is 0 Å². The number of carboxylic acid groups (broad SMARTS) is 1. The first kappa shape index (κ1) is 13.0. The number of hydrogen-bond acceptors (Lipinski definition) is 6. The highest BCUT2D eigenvalue weighted by molar-refractivity contribution is 7.99. The van der Waals surface area contributed by atoms with Crippen molar-refractivity contribution in [3.05, 3.63) is 23.2 Å². The molecule has 0 saturated carbocycles. The van der Waals surface area contributed by atoms with Gasteiger partial charge in [0.15, 0.2) is 10.2 Å². The SMILES string of the molecule is CC(C)c1ncn(Sc2nc(CC(=O)O)cs2)n1. The van der Waals surface area contributed by atoms with Crippen LogP contribution in [0, 0.1) is 0 Å². The topological polar surface area (TPSA) is 80.9 Å². The lowest BCUT2D eigenvalue weighted by Crippen LogP contribution is -2.00. The molecule has 0 atom stereocenters. The Morgan fingerprint density at radius 3 is 3.00 bits per heavy atom. The van der Waals surface area contributed by atoms with Gasteiger partial charge in [-0.2, -0.15) is 4.09 Å². The summed E-state index contributed by atoms with van der Waals surface area (Å²) in [6.07, 6.45) is 1.59. The predicted octanol–water partition coefficient (Wildman–Crippen LogP) is 2.04. The molecule has 0 aliphatic carbocycles. The molecule has 0 bridgehead atoms. The number of carboxylic acids is 1. The van der Waals surface area contributed by atoms with Crippen molar-refractivity contribution in [2.45, 2.75) is 30.5 Å². The Morgan fingerprint density at radius 2 is 2.39 bits per heavy atom. The van der Waals surface area contributed by atoms with E-state index in [0.717, 1.165) is 10.2 Å². The van der Waals surface area contributed by atoms with Crippen molar-refractivity contribution in [3.8, 4) is 0 Å². The van der Waals surface area contributed by atoms with Gasteiger partial charge in [0.1, 0.15) is 6.33 Å². The van der Waals surface area contributed by atoms with E-state index >= 15 is 0 Å². The van der Waals surface area contributed by atoms with E-state index in [1.54, 1.807) is 15.8 Å². The van der Waals surface area contributed by atoms with Gasteiger partial charge in [-0.15, -0.1) is 16.4 Å². The highest BCUT2D eigenvalue weighted by Crippen LogP contribution is 2.24. The van der Waals surface area contributed by atoms with E-state index in [9.17, 15) is 4.79 Å². The molecule has 0 aliphatic heterocycles. The third-order valence-corrected chi connectivity index (χ3v) is 3.85. The number of hydrogen-bond donors (Lipinski definition) is 1. The minimum absolute atomic E-state index is 0.0499. The smallest absolute Gasteiger partial charge is 0.309 e. The Hall–Kier alpha value is -1.41. The molecule has 0 spiro atoms. The van der Waals surface area contributed by atoms with Crippen LogP contribution in [-0.4, -0.2) is 30.2 Å². The molecule has 6 nitrogen and oxygen atoms in total. The van der Waals surface area contributed by atoms with E-state index in [-0.39, 0.29) is 12.3 Å². The lowest BCUT2D eigenvalue weighted by molar-refractivity contribution is -0.136. The molecular formula is C10H12N4O2S2. The second-order valence-electron chi connectivity index (χ2n) is 3.93. The van der Waals surface area contributed by atoms with Crippen LogP contribution in [0.4, 0.5) is 0 Å². The maximum Gasteiger partial charge on any atom is 0.309 e. The standard InChI is InChI=1S/C10H12N4O2S2/c1-6(2)9-11-5-14(13-9)18-10-12-7(4-17-10)3-8(15)16/h4-6H,3H2,1-2H3,(H,15,16). The van der Waals surface area contributed by atoms with Crippen LogP contribution in [0.2, 0.25) is 0 Å². The molecule has 0 fully saturated rings. The van der Waals surface area contributed by atoms with Gasteiger partial charge < -0.3 is 5.11 Å². The van der Waals surface area contributed by atoms with Crippen molar-refractivity contribution in [2.75, 3.05) is 0 Å². The van der Waals surface area contributed by atoms with Crippen LogP contribution in [0.15, 0.2) is 16.0 Å². The van der Waals surface area contributed by atoms with Crippen LogP contribution in [-0.2, 0) is 11.2 Å². The fourth-order valence-corrected chi connectivity index (χ4v) is 2.84. The average molecular weight is 284 g/mol. The largest absolute Gasteiger partial charge is 0.481 e. The van der Waals surface area contributed by atoms with Gasteiger partial charge >= 0.3 is 5.97 Å². The van der Waals surface area contributed by atoms with E-state index in [4.69, 9.17) is 5.11 Å². The Bertz CT molecular complexity index is 550. The van der Waals surface area contributed by atoms with Gasteiger partial charge in [-0.1, -0.05) is 13.8 Å². The highest BCUT2D eigenvalue weighted by Gasteiger charge is 2.10. The summed E-state index contributed by atoms with van der Waals surface area (Å²) < 4.78 is 2.39. The summed E-state index contributed by atoms with van der Waals surface area (Å²) in [7, 11) is 0. The molecule has 2 rings (SSSR count). The van der Waals surface area contributed by atoms with Crippen LogP contribution in [0.5, 0.6) is 0 Å². The summed E-state index contributed by atoms with van der Waals surface area (Å²) in [6, 6.07) is 0. The minimum atomic E-state index is -0.875. The van der Waals surface area contributed by atoms with Crippen LogP contribution in [0.1, 0.15) is 31.3 Å². The van der Waals surface area contributed by atoms with Gasteiger partial charge in [0.2, 0.25) is 0 Å². The summed E-state index contributed by atoms with van der Waals surface area (Å²) in [4.78, 5) is 18.9. The number of aliphatic carboxylic acids is 1. The zero-order valence-electron chi connectivity index (χ0n) is 9.90. The molecule has 0 aromatic carbocycles. The Balaban J connectivity index is 2.04. The van der Waals surface area contributed by atoms with Crippen LogP contribution in [0.3, 0.4) is 0 Å². The second kappa shape index (κ2) is 5.49. The zero-order chi connectivity index (χ0) is 13.1.